The fraction of sp³-hybridized carbons (Fsp3) is 0.625. The summed E-state index contributed by atoms with van der Waals surface area (Å²) in [6, 6.07) is 0. The summed E-state index contributed by atoms with van der Waals surface area (Å²) in [4.78, 5) is 9.72. The molecule has 0 N–H and O–H groups in total. The van der Waals surface area contributed by atoms with Crippen molar-refractivity contribution in [2.24, 2.45) is 5.41 Å². The smallest absolute Gasteiger partial charge is 0.192 e. The molecule has 0 rings (SSSR count). The predicted molar refractivity (Wildman–Crippen MR) is 37.9 cm³/mol. The second-order valence-electron chi connectivity index (χ2n) is 3.18. The number of aldehydes is 1. The molecule has 0 aromatic heterocycles. The first-order valence-corrected chi connectivity index (χ1v) is 2.98. The molecule has 0 radical (unpaired) electrons. The Balaban J connectivity index is 3.62. The molecule has 0 bridgehead atoms. The van der Waals surface area contributed by atoms with Crippen molar-refractivity contribution in [1.82, 2.24) is 0 Å². The highest BCUT2D eigenvalue weighted by Gasteiger charge is 2.06. The molecule has 0 atom stereocenters. The summed E-state index contributed by atoms with van der Waals surface area (Å²) in [5.74, 6) is 5.13. The first kappa shape index (κ1) is 8.23. The SMILES string of the molecule is CC(C)(C)CC#CC=O. The zero-order valence-electron chi connectivity index (χ0n) is 6.19. The van der Waals surface area contributed by atoms with E-state index in [1.165, 1.54) is 0 Å². The average molecular weight is 124 g/mol. The van der Waals surface area contributed by atoms with Crippen LogP contribution >= 0.6 is 0 Å². The van der Waals surface area contributed by atoms with E-state index >= 15 is 0 Å². The van der Waals surface area contributed by atoms with Gasteiger partial charge in [0.2, 0.25) is 0 Å². The van der Waals surface area contributed by atoms with Crippen molar-refractivity contribution in [3.63, 3.8) is 0 Å². The van der Waals surface area contributed by atoms with Crippen LogP contribution in [0.1, 0.15) is 27.2 Å². The predicted octanol–water partition coefficient (Wildman–Crippen LogP) is 1.62. The zero-order valence-corrected chi connectivity index (χ0v) is 6.19. The van der Waals surface area contributed by atoms with Gasteiger partial charge in [-0.2, -0.15) is 0 Å². The van der Waals surface area contributed by atoms with E-state index in [0.717, 1.165) is 6.42 Å². The van der Waals surface area contributed by atoms with E-state index in [0.29, 0.717) is 6.29 Å². The lowest BCUT2D eigenvalue weighted by Crippen LogP contribution is -2.01. The van der Waals surface area contributed by atoms with Crippen LogP contribution in [0.25, 0.3) is 0 Å². The molecule has 0 aliphatic carbocycles. The summed E-state index contributed by atoms with van der Waals surface area (Å²) in [7, 11) is 0. The van der Waals surface area contributed by atoms with E-state index in [4.69, 9.17) is 0 Å². The Hall–Kier alpha value is -0.770. The number of carbonyl (C=O) groups is 1. The van der Waals surface area contributed by atoms with Gasteiger partial charge < -0.3 is 0 Å². The summed E-state index contributed by atoms with van der Waals surface area (Å²) in [6.45, 7) is 6.27. The maximum absolute atomic E-state index is 9.72. The molecule has 0 spiro atoms. The minimum atomic E-state index is 0.218. The summed E-state index contributed by atoms with van der Waals surface area (Å²) in [5, 5.41) is 0. The minimum Gasteiger partial charge on any atom is -0.289 e. The van der Waals surface area contributed by atoms with Gasteiger partial charge in [0.15, 0.2) is 6.29 Å². The number of hydrogen-bond donors (Lipinski definition) is 0. The van der Waals surface area contributed by atoms with E-state index in [1.54, 1.807) is 0 Å². The third-order valence-corrected chi connectivity index (χ3v) is 0.780. The number of carbonyl (C=O) groups excluding carboxylic acids is 1. The van der Waals surface area contributed by atoms with Gasteiger partial charge in [-0.3, -0.25) is 4.79 Å². The third kappa shape index (κ3) is 7.23. The van der Waals surface area contributed by atoms with E-state index in [-0.39, 0.29) is 5.41 Å². The van der Waals surface area contributed by atoms with Crippen LogP contribution in [0.2, 0.25) is 0 Å². The van der Waals surface area contributed by atoms with Crippen LogP contribution < -0.4 is 0 Å². The Labute approximate surface area is 56.5 Å². The molecule has 0 aliphatic heterocycles. The van der Waals surface area contributed by atoms with Crippen LogP contribution in [0.15, 0.2) is 0 Å². The Morgan fingerprint density at radius 3 is 2.33 bits per heavy atom. The van der Waals surface area contributed by atoms with Gasteiger partial charge in [-0.15, -0.1) is 0 Å². The molecule has 0 saturated carbocycles. The molecule has 50 valence electrons. The Bertz CT molecular complexity index is 140. The average Bonchev–Trinajstić information content (AvgIpc) is 1.63. The normalized spacial score (nSPS) is 9.67. The molecule has 0 aromatic rings. The largest absolute Gasteiger partial charge is 0.289 e. The van der Waals surface area contributed by atoms with Gasteiger partial charge in [0.05, 0.1) is 0 Å². The summed E-state index contributed by atoms with van der Waals surface area (Å²) >= 11 is 0. The second-order valence-corrected chi connectivity index (χ2v) is 3.18. The number of hydrogen-bond acceptors (Lipinski definition) is 1. The van der Waals surface area contributed by atoms with Crippen LogP contribution in [-0.4, -0.2) is 6.29 Å². The summed E-state index contributed by atoms with van der Waals surface area (Å²) < 4.78 is 0. The molecular weight excluding hydrogens is 112 g/mol. The van der Waals surface area contributed by atoms with Gasteiger partial charge in [0.25, 0.3) is 0 Å². The maximum Gasteiger partial charge on any atom is 0.192 e. The van der Waals surface area contributed by atoms with E-state index in [1.807, 2.05) is 0 Å². The maximum atomic E-state index is 9.72. The molecule has 1 nitrogen and oxygen atoms in total. The standard InChI is InChI=1S/C8H12O/c1-8(2,3)6-4-5-7-9/h7H,6H2,1-3H3. The van der Waals surface area contributed by atoms with Crippen molar-refractivity contribution in [2.75, 3.05) is 0 Å². The monoisotopic (exact) mass is 124 g/mol. The van der Waals surface area contributed by atoms with Crippen molar-refractivity contribution in [2.45, 2.75) is 27.2 Å². The summed E-state index contributed by atoms with van der Waals surface area (Å²) in [6.07, 6.45) is 1.41. The van der Waals surface area contributed by atoms with Gasteiger partial charge in [-0.25, -0.2) is 0 Å². The molecule has 0 unspecified atom stereocenters. The van der Waals surface area contributed by atoms with Gasteiger partial charge in [-0.05, 0) is 11.3 Å². The number of rotatable bonds is 0. The third-order valence-electron chi connectivity index (χ3n) is 0.780. The quantitative estimate of drug-likeness (QED) is 0.354. The molecule has 0 saturated heterocycles. The van der Waals surface area contributed by atoms with E-state index in [9.17, 15) is 4.79 Å². The lowest BCUT2D eigenvalue weighted by Gasteiger charge is -2.12. The fourth-order valence-corrected chi connectivity index (χ4v) is 0.358. The van der Waals surface area contributed by atoms with Crippen molar-refractivity contribution in [3.05, 3.63) is 0 Å². The molecule has 0 amide bonds. The molecule has 0 aromatic carbocycles. The molecule has 9 heavy (non-hydrogen) atoms. The first-order valence-electron chi connectivity index (χ1n) is 2.98. The van der Waals surface area contributed by atoms with Crippen molar-refractivity contribution in [3.8, 4) is 11.8 Å². The summed E-state index contributed by atoms with van der Waals surface area (Å²) in [5.41, 5.74) is 0.218. The van der Waals surface area contributed by atoms with Crippen LogP contribution in [0.5, 0.6) is 0 Å². The Morgan fingerprint density at radius 1 is 1.44 bits per heavy atom. The first-order chi connectivity index (χ1) is 4.06. The van der Waals surface area contributed by atoms with Crippen LogP contribution in [0.3, 0.4) is 0 Å². The Morgan fingerprint density at radius 2 is 2.00 bits per heavy atom. The highest BCUT2D eigenvalue weighted by Crippen LogP contribution is 2.16. The molecule has 0 fully saturated rings. The fourth-order valence-electron chi connectivity index (χ4n) is 0.358. The van der Waals surface area contributed by atoms with E-state index < -0.39 is 0 Å². The molecule has 0 aliphatic rings. The van der Waals surface area contributed by atoms with Gasteiger partial charge in [-0.1, -0.05) is 26.7 Å². The van der Waals surface area contributed by atoms with Crippen LogP contribution in [-0.2, 0) is 4.79 Å². The van der Waals surface area contributed by atoms with E-state index in [2.05, 4.69) is 32.6 Å². The topological polar surface area (TPSA) is 17.1 Å². The van der Waals surface area contributed by atoms with Crippen LogP contribution in [0, 0.1) is 17.3 Å². The van der Waals surface area contributed by atoms with Crippen molar-refractivity contribution < 1.29 is 4.79 Å². The molecule has 0 heterocycles. The second kappa shape index (κ2) is 3.29. The molecular formula is C8H12O. The van der Waals surface area contributed by atoms with Gasteiger partial charge in [0, 0.05) is 6.42 Å². The lowest BCUT2D eigenvalue weighted by molar-refractivity contribution is -0.103. The minimum absolute atomic E-state index is 0.218. The zero-order chi connectivity index (χ0) is 7.33. The highest BCUT2D eigenvalue weighted by atomic mass is 16.1. The Kier molecular flexibility index (Phi) is 3.01. The highest BCUT2D eigenvalue weighted by molar-refractivity contribution is 5.72. The van der Waals surface area contributed by atoms with Crippen molar-refractivity contribution in [1.29, 1.82) is 0 Å². The van der Waals surface area contributed by atoms with Crippen molar-refractivity contribution >= 4 is 6.29 Å². The van der Waals surface area contributed by atoms with Gasteiger partial charge in [0.1, 0.15) is 0 Å². The van der Waals surface area contributed by atoms with Crippen LogP contribution in [0.4, 0.5) is 0 Å². The molecule has 1 heteroatoms. The van der Waals surface area contributed by atoms with Gasteiger partial charge >= 0.3 is 0 Å². The lowest BCUT2D eigenvalue weighted by atomic mass is 9.93.